The third-order valence-electron chi connectivity index (χ3n) is 5.78. The second kappa shape index (κ2) is 11.0. The average Bonchev–Trinajstić information content (AvgIpc) is 2.86. The average molecular weight is 456 g/mol. The number of hydrogen-bond donors (Lipinski definition) is 0. The molecule has 0 saturated heterocycles. The Morgan fingerprint density at radius 1 is 0.500 bits per heavy atom. The Balaban J connectivity index is 1.93. The molecule has 3 heteroatoms. The number of rotatable bonds is 8. The van der Waals surface area contributed by atoms with Crippen LogP contribution < -0.4 is 21.2 Å². The van der Waals surface area contributed by atoms with E-state index in [2.05, 4.69) is 135 Å². The van der Waals surface area contributed by atoms with Gasteiger partial charge in [0.2, 0.25) is 0 Å². The third kappa shape index (κ3) is 4.87. The molecule has 0 spiro atoms. The van der Waals surface area contributed by atoms with E-state index in [1.165, 1.54) is 32.3 Å². The lowest BCUT2D eigenvalue weighted by molar-refractivity contribution is 0.910. The van der Waals surface area contributed by atoms with Crippen LogP contribution in [0.4, 0.5) is 0 Å². The Kier molecular flexibility index (Phi) is 7.88. The summed E-state index contributed by atoms with van der Waals surface area (Å²) in [6, 6.07) is 40.2. The van der Waals surface area contributed by atoms with Gasteiger partial charge in [0.15, 0.2) is 0 Å². The number of hydrogen-bond acceptors (Lipinski definition) is 1. The standard InChI is InChI=1S/C29H31NP2/c1-4-24-16-12-14-22-28(24)32(29-23-15-13-17-25(29)5-2)30(3)31(26-18-8-6-9-19-26)27-20-10-7-11-21-27/h6-23H,4-5H2,1-3H3. The highest BCUT2D eigenvalue weighted by Crippen LogP contribution is 2.53. The first-order chi connectivity index (χ1) is 15.7. The summed E-state index contributed by atoms with van der Waals surface area (Å²) in [4.78, 5) is 0. The van der Waals surface area contributed by atoms with E-state index < -0.39 is 16.1 Å². The third-order valence-corrected chi connectivity index (χ3v) is 11.4. The molecular formula is C29H31NP2. The highest BCUT2D eigenvalue weighted by molar-refractivity contribution is 7.84. The lowest BCUT2D eigenvalue weighted by atomic mass is 10.2. The summed E-state index contributed by atoms with van der Waals surface area (Å²) in [5.41, 5.74) is 2.90. The zero-order valence-electron chi connectivity index (χ0n) is 19.1. The molecule has 0 bridgehead atoms. The highest BCUT2D eigenvalue weighted by atomic mass is 31.2. The number of nitrogens with zero attached hydrogens (tertiary/aromatic N) is 1. The van der Waals surface area contributed by atoms with E-state index in [1.54, 1.807) is 0 Å². The largest absolute Gasteiger partial charge is 0.248 e. The van der Waals surface area contributed by atoms with Crippen molar-refractivity contribution in [1.29, 1.82) is 0 Å². The molecule has 0 fully saturated rings. The molecule has 0 unspecified atom stereocenters. The smallest absolute Gasteiger partial charge is 0.0326 e. The van der Waals surface area contributed by atoms with Crippen molar-refractivity contribution < 1.29 is 0 Å². The minimum absolute atomic E-state index is 0.671. The SMILES string of the molecule is CCc1ccccc1P(c1ccccc1CC)N(C)P(c1ccccc1)c1ccccc1. The Morgan fingerprint density at radius 3 is 1.28 bits per heavy atom. The number of benzene rings is 4. The predicted molar refractivity (Wildman–Crippen MR) is 145 cm³/mol. The van der Waals surface area contributed by atoms with Gasteiger partial charge in [-0.2, -0.15) is 0 Å². The van der Waals surface area contributed by atoms with Crippen LogP contribution in [0.15, 0.2) is 109 Å². The summed E-state index contributed by atoms with van der Waals surface area (Å²) in [5.74, 6) is 0. The van der Waals surface area contributed by atoms with Crippen molar-refractivity contribution in [1.82, 2.24) is 4.44 Å². The molecule has 0 saturated carbocycles. The van der Waals surface area contributed by atoms with Gasteiger partial charge >= 0.3 is 0 Å². The molecule has 0 aliphatic rings. The van der Waals surface area contributed by atoms with Crippen LogP contribution in [0.5, 0.6) is 0 Å². The molecule has 162 valence electrons. The van der Waals surface area contributed by atoms with Crippen LogP contribution in [0, 0.1) is 0 Å². The van der Waals surface area contributed by atoms with Crippen molar-refractivity contribution in [3.05, 3.63) is 120 Å². The lowest BCUT2D eigenvalue weighted by Crippen LogP contribution is -2.31. The molecule has 4 rings (SSSR count). The zero-order valence-corrected chi connectivity index (χ0v) is 20.9. The van der Waals surface area contributed by atoms with Gasteiger partial charge in [-0.3, -0.25) is 0 Å². The molecule has 0 radical (unpaired) electrons. The summed E-state index contributed by atoms with van der Waals surface area (Å²) in [5, 5.41) is 5.75. The zero-order chi connectivity index (χ0) is 22.3. The molecule has 0 aromatic heterocycles. The van der Waals surface area contributed by atoms with E-state index in [-0.39, 0.29) is 0 Å². The van der Waals surface area contributed by atoms with Crippen LogP contribution in [0.1, 0.15) is 25.0 Å². The van der Waals surface area contributed by atoms with Gasteiger partial charge in [0.25, 0.3) is 0 Å². The van der Waals surface area contributed by atoms with E-state index in [1.807, 2.05) is 0 Å². The topological polar surface area (TPSA) is 3.24 Å². The fourth-order valence-corrected chi connectivity index (χ4v) is 10.3. The summed E-state index contributed by atoms with van der Waals surface area (Å²) < 4.78 is 2.69. The van der Waals surface area contributed by atoms with Crippen LogP contribution in [-0.2, 0) is 12.8 Å². The van der Waals surface area contributed by atoms with Crippen molar-refractivity contribution in [3.63, 3.8) is 0 Å². The lowest BCUT2D eigenvalue weighted by Gasteiger charge is -2.37. The summed E-state index contributed by atoms with van der Waals surface area (Å²) in [6.07, 6.45) is 2.09. The Morgan fingerprint density at radius 2 is 0.875 bits per heavy atom. The van der Waals surface area contributed by atoms with Gasteiger partial charge in [0, 0.05) is 16.1 Å². The van der Waals surface area contributed by atoms with E-state index in [0.717, 1.165) is 12.8 Å². The first-order valence-corrected chi connectivity index (χ1v) is 13.9. The molecule has 0 heterocycles. The van der Waals surface area contributed by atoms with Crippen molar-refractivity contribution >= 4 is 37.4 Å². The molecule has 0 atom stereocenters. The first-order valence-electron chi connectivity index (χ1n) is 11.3. The van der Waals surface area contributed by atoms with E-state index in [4.69, 9.17) is 0 Å². The molecule has 0 amide bonds. The van der Waals surface area contributed by atoms with Crippen molar-refractivity contribution in [2.24, 2.45) is 0 Å². The molecule has 32 heavy (non-hydrogen) atoms. The Bertz CT molecular complexity index is 1040. The second-order valence-corrected chi connectivity index (χ2v) is 12.5. The predicted octanol–water partition coefficient (Wildman–Crippen LogP) is 6.14. The van der Waals surface area contributed by atoms with Crippen LogP contribution in [0.2, 0.25) is 0 Å². The second-order valence-electron chi connectivity index (χ2n) is 7.75. The molecule has 1 nitrogen and oxygen atoms in total. The van der Waals surface area contributed by atoms with Crippen LogP contribution in [0.25, 0.3) is 0 Å². The van der Waals surface area contributed by atoms with Crippen LogP contribution in [0.3, 0.4) is 0 Å². The minimum Gasteiger partial charge on any atom is -0.248 e. The minimum atomic E-state index is -0.690. The molecular weight excluding hydrogens is 424 g/mol. The van der Waals surface area contributed by atoms with E-state index >= 15 is 0 Å². The molecule has 0 N–H and O–H groups in total. The Labute approximate surface area is 195 Å². The summed E-state index contributed by atoms with van der Waals surface area (Å²) >= 11 is 0. The van der Waals surface area contributed by atoms with Crippen molar-refractivity contribution in [2.45, 2.75) is 26.7 Å². The van der Waals surface area contributed by atoms with Gasteiger partial charge in [-0.1, -0.05) is 123 Å². The van der Waals surface area contributed by atoms with Gasteiger partial charge in [-0.05, 0) is 52.2 Å². The number of aryl methyl sites for hydroxylation is 2. The quantitative estimate of drug-likeness (QED) is 0.289. The van der Waals surface area contributed by atoms with Gasteiger partial charge in [-0.15, -0.1) is 0 Å². The van der Waals surface area contributed by atoms with Crippen molar-refractivity contribution in [3.8, 4) is 0 Å². The van der Waals surface area contributed by atoms with Crippen molar-refractivity contribution in [2.75, 3.05) is 7.05 Å². The highest BCUT2D eigenvalue weighted by Gasteiger charge is 2.30. The van der Waals surface area contributed by atoms with Gasteiger partial charge in [-0.25, -0.2) is 4.44 Å². The van der Waals surface area contributed by atoms with Crippen LogP contribution >= 0.6 is 16.1 Å². The van der Waals surface area contributed by atoms with Crippen LogP contribution in [-0.4, -0.2) is 11.5 Å². The maximum Gasteiger partial charge on any atom is 0.0326 e. The van der Waals surface area contributed by atoms with Gasteiger partial charge in [0.1, 0.15) is 0 Å². The normalized spacial score (nSPS) is 11.4. The van der Waals surface area contributed by atoms with Gasteiger partial charge < -0.3 is 0 Å². The fourth-order valence-electron chi connectivity index (χ4n) is 4.19. The molecule has 4 aromatic carbocycles. The first kappa shape index (κ1) is 22.9. The maximum atomic E-state index is 2.69. The Hall–Kier alpha value is -2.30. The summed E-state index contributed by atoms with van der Waals surface area (Å²) in [6.45, 7) is 4.55. The molecule has 0 aliphatic heterocycles. The fraction of sp³-hybridized carbons (Fsp3) is 0.172. The van der Waals surface area contributed by atoms with Gasteiger partial charge in [0.05, 0.1) is 0 Å². The van der Waals surface area contributed by atoms with E-state index in [0.29, 0.717) is 0 Å². The van der Waals surface area contributed by atoms with E-state index in [9.17, 15) is 0 Å². The molecule has 0 aliphatic carbocycles. The summed E-state index contributed by atoms with van der Waals surface area (Å²) in [7, 11) is 0.982. The monoisotopic (exact) mass is 455 g/mol. The maximum absolute atomic E-state index is 2.69. The molecule has 4 aromatic rings.